The van der Waals surface area contributed by atoms with Crippen molar-refractivity contribution in [3.8, 4) is 11.5 Å². The average Bonchev–Trinajstić information content (AvgIpc) is 2.97. The van der Waals surface area contributed by atoms with Crippen LogP contribution in [0.4, 0.5) is 11.4 Å². The number of nitrogens with one attached hydrogen (secondary N) is 2. The molecule has 11 nitrogen and oxygen atoms in total. The minimum Gasteiger partial charge on any atom is -0.464 e. The minimum atomic E-state index is -1.28. The minimum absolute atomic E-state index is 0.153. The van der Waals surface area contributed by atoms with E-state index in [-0.39, 0.29) is 37.6 Å². The summed E-state index contributed by atoms with van der Waals surface area (Å²) in [5.74, 6) is -1.47. The Labute approximate surface area is 250 Å². The van der Waals surface area contributed by atoms with Crippen molar-refractivity contribution in [3.63, 3.8) is 0 Å². The number of hydrogen-bond acceptors (Lipinski definition) is 11. The van der Waals surface area contributed by atoms with Gasteiger partial charge in [-0.25, -0.2) is 19.2 Å². The zero-order chi connectivity index (χ0) is 31.4. The van der Waals surface area contributed by atoms with E-state index in [1.165, 1.54) is 12.2 Å². The van der Waals surface area contributed by atoms with Crippen molar-refractivity contribution in [2.45, 2.75) is 52.6 Å². The molecule has 0 radical (unpaired) electrons. The Kier molecular flexibility index (Phi) is 9.13. The fourth-order valence-corrected chi connectivity index (χ4v) is 4.88. The highest BCUT2D eigenvalue weighted by Gasteiger charge is 2.40. The molecule has 2 aromatic rings. The summed E-state index contributed by atoms with van der Waals surface area (Å²) in [5.41, 5.74) is -0.180. The van der Waals surface area contributed by atoms with Crippen LogP contribution in [-0.2, 0) is 38.1 Å². The zero-order valence-corrected chi connectivity index (χ0v) is 25.1. The van der Waals surface area contributed by atoms with Gasteiger partial charge in [0.25, 0.3) is 0 Å². The monoisotopic (exact) mass is 592 g/mol. The number of carbonyl (C=O) groups excluding carboxylic acids is 4. The lowest BCUT2D eigenvalue weighted by Crippen LogP contribution is -2.45. The van der Waals surface area contributed by atoms with Crippen LogP contribution in [-0.4, -0.2) is 61.4 Å². The molecule has 0 amide bonds. The van der Waals surface area contributed by atoms with Crippen LogP contribution in [0.15, 0.2) is 48.6 Å². The van der Waals surface area contributed by atoms with E-state index >= 15 is 0 Å². The van der Waals surface area contributed by atoms with E-state index in [0.29, 0.717) is 34.0 Å². The van der Waals surface area contributed by atoms with Crippen LogP contribution >= 0.6 is 0 Å². The average molecular weight is 593 g/mol. The SMILES string of the molecule is CCOC(=O)C1=CC(C)(C(=O)OCC)Nc2ccc(Oc3ccc4c(c3)C(C(=O)OCC)=CC(C)(C(=O)OCC)N4)cc21. The predicted molar refractivity (Wildman–Crippen MR) is 159 cm³/mol. The molecule has 2 aliphatic rings. The van der Waals surface area contributed by atoms with Gasteiger partial charge in [-0.15, -0.1) is 0 Å². The van der Waals surface area contributed by atoms with Crippen LogP contribution in [0.25, 0.3) is 11.1 Å². The van der Waals surface area contributed by atoms with Crippen molar-refractivity contribution in [1.29, 1.82) is 0 Å². The third-order valence-electron chi connectivity index (χ3n) is 6.84. The molecule has 0 bridgehead atoms. The number of hydrogen-bond donors (Lipinski definition) is 2. The molecule has 0 fully saturated rings. The van der Waals surface area contributed by atoms with Gasteiger partial charge in [0.15, 0.2) is 11.1 Å². The highest BCUT2D eigenvalue weighted by Crippen LogP contribution is 2.41. The number of anilines is 2. The molecule has 2 heterocycles. The van der Waals surface area contributed by atoms with E-state index in [4.69, 9.17) is 23.7 Å². The van der Waals surface area contributed by atoms with E-state index in [1.807, 2.05) is 0 Å². The van der Waals surface area contributed by atoms with Crippen molar-refractivity contribution in [1.82, 2.24) is 0 Å². The van der Waals surface area contributed by atoms with E-state index in [1.54, 1.807) is 77.9 Å². The highest BCUT2D eigenvalue weighted by atomic mass is 16.5. The predicted octanol–water partition coefficient (Wildman–Crippen LogP) is 4.87. The molecule has 4 rings (SSSR count). The topological polar surface area (TPSA) is 138 Å². The van der Waals surface area contributed by atoms with Gasteiger partial charge in [0.1, 0.15) is 11.5 Å². The first-order valence-corrected chi connectivity index (χ1v) is 14.2. The van der Waals surface area contributed by atoms with Gasteiger partial charge in [0, 0.05) is 22.5 Å². The maximum absolute atomic E-state index is 13.0. The first kappa shape index (κ1) is 31.1. The molecule has 43 heavy (non-hydrogen) atoms. The lowest BCUT2D eigenvalue weighted by atomic mass is 9.88. The van der Waals surface area contributed by atoms with Crippen LogP contribution < -0.4 is 15.4 Å². The van der Waals surface area contributed by atoms with Gasteiger partial charge in [-0.2, -0.15) is 0 Å². The number of benzene rings is 2. The Balaban J connectivity index is 1.70. The van der Waals surface area contributed by atoms with Gasteiger partial charge in [-0.05, 0) is 90.1 Å². The number of rotatable bonds is 10. The lowest BCUT2D eigenvalue weighted by Gasteiger charge is -2.33. The van der Waals surface area contributed by atoms with Gasteiger partial charge in [0.05, 0.1) is 37.6 Å². The molecular weight excluding hydrogens is 556 g/mol. The second-order valence-electron chi connectivity index (χ2n) is 10.2. The van der Waals surface area contributed by atoms with E-state index < -0.39 is 35.0 Å². The second kappa shape index (κ2) is 12.6. The summed E-state index contributed by atoms with van der Waals surface area (Å²) in [6.07, 6.45) is 2.99. The van der Waals surface area contributed by atoms with Gasteiger partial charge in [0.2, 0.25) is 0 Å². The van der Waals surface area contributed by atoms with Gasteiger partial charge in [-0.3, -0.25) is 0 Å². The van der Waals surface area contributed by atoms with Crippen LogP contribution in [0, 0.1) is 0 Å². The van der Waals surface area contributed by atoms with Crippen molar-refractivity contribution >= 4 is 46.4 Å². The summed E-state index contributed by atoms with van der Waals surface area (Å²) < 4.78 is 27.2. The summed E-state index contributed by atoms with van der Waals surface area (Å²) in [5, 5.41) is 6.31. The fraction of sp³-hybridized carbons (Fsp3) is 0.375. The molecule has 0 aromatic heterocycles. The van der Waals surface area contributed by atoms with Gasteiger partial charge < -0.3 is 34.3 Å². The number of esters is 4. The highest BCUT2D eigenvalue weighted by molar-refractivity contribution is 6.21. The van der Waals surface area contributed by atoms with E-state index in [0.717, 1.165) is 0 Å². The first-order valence-electron chi connectivity index (χ1n) is 14.2. The molecular formula is C32H36N2O9. The molecule has 2 unspecified atom stereocenters. The maximum atomic E-state index is 13.0. The third-order valence-corrected chi connectivity index (χ3v) is 6.84. The van der Waals surface area contributed by atoms with Crippen LogP contribution in [0.2, 0.25) is 0 Å². The summed E-state index contributed by atoms with van der Waals surface area (Å²) >= 11 is 0. The Morgan fingerprint density at radius 3 is 1.33 bits per heavy atom. The summed E-state index contributed by atoms with van der Waals surface area (Å²) in [6.45, 7) is 10.7. The number of fused-ring (bicyclic) bond motifs is 2. The Morgan fingerprint density at radius 1 is 0.605 bits per heavy atom. The molecule has 0 spiro atoms. The van der Waals surface area contributed by atoms with Crippen LogP contribution in [0.5, 0.6) is 11.5 Å². The van der Waals surface area contributed by atoms with E-state index in [9.17, 15) is 19.2 Å². The number of ether oxygens (including phenoxy) is 5. The molecule has 0 saturated carbocycles. The normalized spacial score (nSPS) is 20.0. The number of carbonyl (C=O) groups is 4. The Morgan fingerprint density at radius 2 is 0.977 bits per heavy atom. The summed E-state index contributed by atoms with van der Waals surface area (Å²) in [7, 11) is 0. The van der Waals surface area contributed by atoms with Crippen molar-refractivity contribution < 1.29 is 42.9 Å². The molecule has 0 saturated heterocycles. The van der Waals surface area contributed by atoms with Crippen LogP contribution in [0.1, 0.15) is 52.7 Å². The molecule has 0 aliphatic carbocycles. The first-order chi connectivity index (χ1) is 20.5. The molecule has 2 aromatic carbocycles. The molecule has 228 valence electrons. The second-order valence-corrected chi connectivity index (χ2v) is 10.2. The molecule has 11 heteroatoms. The molecule has 2 atom stereocenters. The standard InChI is InChI=1S/C32H36N2O9/c1-7-39-27(35)23-17-31(5,29(37)41-9-3)33-25-13-11-19(15-21(23)25)43-20-12-14-26-22(16-20)24(28(36)40-8-2)18-32(6,34-26)30(38)42-10-4/h11-18,33-34H,7-10H2,1-6H3. The fourth-order valence-electron chi connectivity index (χ4n) is 4.88. The molecule has 2 N–H and O–H groups in total. The lowest BCUT2D eigenvalue weighted by molar-refractivity contribution is -0.147. The quantitative estimate of drug-likeness (QED) is 0.289. The zero-order valence-electron chi connectivity index (χ0n) is 25.1. The Bertz CT molecular complexity index is 1400. The van der Waals surface area contributed by atoms with Gasteiger partial charge >= 0.3 is 23.9 Å². The van der Waals surface area contributed by atoms with Crippen molar-refractivity contribution in [2.75, 3.05) is 37.1 Å². The summed E-state index contributed by atoms with van der Waals surface area (Å²) in [4.78, 5) is 51.4. The maximum Gasteiger partial charge on any atom is 0.338 e. The smallest absolute Gasteiger partial charge is 0.338 e. The van der Waals surface area contributed by atoms with Crippen LogP contribution in [0.3, 0.4) is 0 Å². The van der Waals surface area contributed by atoms with Crippen molar-refractivity contribution in [2.24, 2.45) is 0 Å². The third kappa shape index (κ3) is 6.35. The molecule has 2 aliphatic heterocycles. The van der Waals surface area contributed by atoms with E-state index in [2.05, 4.69) is 10.6 Å². The van der Waals surface area contributed by atoms with Crippen molar-refractivity contribution in [3.05, 3.63) is 59.7 Å². The van der Waals surface area contributed by atoms with Gasteiger partial charge in [-0.1, -0.05) is 0 Å². The summed E-state index contributed by atoms with van der Waals surface area (Å²) in [6, 6.07) is 10.1. The Hall–Kier alpha value is -4.80. The largest absolute Gasteiger partial charge is 0.464 e.